The second-order valence-corrected chi connectivity index (χ2v) is 8.81. The van der Waals surface area contributed by atoms with E-state index in [0.29, 0.717) is 10.6 Å². The third-order valence-corrected chi connectivity index (χ3v) is 6.23. The smallest absolute Gasteiger partial charge is 0.259 e. The molecule has 2 aromatic carbocycles. The largest absolute Gasteiger partial charge is 0.506 e. The first kappa shape index (κ1) is 23.0. The van der Waals surface area contributed by atoms with Crippen molar-refractivity contribution in [1.82, 2.24) is 9.88 Å². The van der Waals surface area contributed by atoms with E-state index in [9.17, 15) is 14.7 Å². The van der Waals surface area contributed by atoms with E-state index in [-0.39, 0.29) is 33.9 Å². The molecule has 1 atom stereocenters. The molecule has 2 amide bonds. The van der Waals surface area contributed by atoms with Crippen molar-refractivity contribution in [2.75, 3.05) is 24.2 Å². The predicted octanol–water partition coefficient (Wildman–Crippen LogP) is 5.15. The van der Waals surface area contributed by atoms with Gasteiger partial charge in [-0.2, -0.15) is 0 Å². The quantitative estimate of drug-likeness (QED) is 0.445. The lowest BCUT2D eigenvalue weighted by Crippen LogP contribution is -2.30. The molecule has 33 heavy (non-hydrogen) atoms. The molecule has 0 radical (unpaired) electrons. The molecule has 0 bridgehead atoms. The molecular weight excluding hydrogens is 463 g/mol. The fourth-order valence-electron chi connectivity index (χ4n) is 3.82. The minimum absolute atomic E-state index is 0.00157. The number of anilines is 2. The van der Waals surface area contributed by atoms with E-state index >= 15 is 0 Å². The van der Waals surface area contributed by atoms with Crippen LogP contribution in [-0.4, -0.2) is 40.4 Å². The van der Waals surface area contributed by atoms with Gasteiger partial charge in [-0.1, -0.05) is 29.3 Å². The summed E-state index contributed by atoms with van der Waals surface area (Å²) in [6, 6.07) is 11.6. The van der Waals surface area contributed by atoms with Gasteiger partial charge in [-0.25, -0.2) is 4.98 Å². The van der Waals surface area contributed by atoms with Crippen molar-refractivity contribution in [1.29, 1.82) is 0 Å². The Kier molecular flexibility index (Phi) is 6.56. The Hall–Kier alpha value is -3.13. The number of carbonyl (C=O) groups is 2. The van der Waals surface area contributed by atoms with Crippen LogP contribution in [0, 0.1) is 0 Å². The molecular formula is C24H22Cl2N4O3. The zero-order valence-corrected chi connectivity index (χ0v) is 19.5. The number of phenols is 1. The molecule has 0 saturated carbocycles. The van der Waals surface area contributed by atoms with Crippen LogP contribution in [0.5, 0.6) is 5.75 Å². The molecule has 0 saturated heterocycles. The summed E-state index contributed by atoms with van der Waals surface area (Å²) in [7, 11) is 2.07. The normalized spacial score (nSPS) is 15.6. The Morgan fingerprint density at radius 2 is 1.85 bits per heavy atom. The van der Waals surface area contributed by atoms with Crippen LogP contribution in [0.15, 0.2) is 48.7 Å². The summed E-state index contributed by atoms with van der Waals surface area (Å²) in [5.74, 6) is -1.10. The molecule has 3 N–H and O–H groups in total. The number of phenolic OH excluding ortho intramolecular Hbond substituents is 1. The number of benzene rings is 2. The Balaban J connectivity index is 1.61. The topological polar surface area (TPSA) is 94.6 Å². The number of nitrogens with one attached hydrogen (secondary N) is 2. The van der Waals surface area contributed by atoms with Crippen LogP contribution in [0.2, 0.25) is 10.0 Å². The van der Waals surface area contributed by atoms with E-state index in [1.807, 2.05) is 12.1 Å². The molecule has 170 valence electrons. The fourth-order valence-corrected chi connectivity index (χ4v) is 4.15. The molecule has 1 unspecified atom stereocenters. The van der Waals surface area contributed by atoms with Crippen LogP contribution < -0.4 is 10.6 Å². The number of fused-ring (bicyclic) bond motifs is 1. The molecule has 0 fully saturated rings. The van der Waals surface area contributed by atoms with Gasteiger partial charge in [0.1, 0.15) is 11.6 Å². The Morgan fingerprint density at radius 1 is 1.06 bits per heavy atom. The number of rotatable bonds is 4. The number of pyridine rings is 1. The lowest BCUT2D eigenvalue weighted by atomic mass is 9.92. The average Bonchev–Trinajstić information content (AvgIpc) is 2.79. The van der Waals surface area contributed by atoms with Crippen LogP contribution in [0.3, 0.4) is 0 Å². The Morgan fingerprint density at radius 3 is 2.58 bits per heavy atom. The van der Waals surface area contributed by atoms with Crippen molar-refractivity contribution in [3.8, 4) is 5.75 Å². The fraction of sp³-hybridized carbons (Fsp3) is 0.208. The van der Waals surface area contributed by atoms with Gasteiger partial charge in [-0.15, -0.1) is 0 Å². The number of aromatic nitrogens is 1. The molecule has 0 aliphatic carbocycles. The van der Waals surface area contributed by atoms with Crippen LogP contribution in [0.25, 0.3) is 0 Å². The van der Waals surface area contributed by atoms with Gasteiger partial charge in [0.05, 0.1) is 16.3 Å². The van der Waals surface area contributed by atoms with Crippen molar-refractivity contribution in [3.05, 3.63) is 81.0 Å². The zero-order chi connectivity index (χ0) is 23.7. The van der Waals surface area contributed by atoms with E-state index in [1.165, 1.54) is 30.0 Å². The number of likely N-dealkylation sites (N-methyl/N-ethyl adjacent to an activating group) is 1. The number of hydrogen-bond donors (Lipinski definition) is 3. The van der Waals surface area contributed by atoms with Gasteiger partial charge >= 0.3 is 0 Å². The minimum atomic E-state index is -0.597. The van der Waals surface area contributed by atoms with E-state index in [1.54, 1.807) is 12.1 Å². The highest BCUT2D eigenvalue weighted by Crippen LogP contribution is 2.33. The molecule has 3 aromatic rings. The Bertz CT molecular complexity index is 1230. The highest BCUT2D eigenvalue weighted by atomic mass is 35.5. The highest BCUT2D eigenvalue weighted by Gasteiger charge is 2.23. The zero-order valence-electron chi connectivity index (χ0n) is 18.0. The highest BCUT2D eigenvalue weighted by molar-refractivity contribution is 6.32. The lowest BCUT2D eigenvalue weighted by Gasteiger charge is -2.32. The van der Waals surface area contributed by atoms with Crippen LogP contribution in [-0.2, 0) is 6.42 Å². The van der Waals surface area contributed by atoms with Gasteiger partial charge in [0, 0.05) is 35.4 Å². The third-order valence-electron chi connectivity index (χ3n) is 5.78. The number of aromatic hydroxyl groups is 1. The third kappa shape index (κ3) is 4.95. The van der Waals surface area contributed by atoms with Crippen LogP contribution in [0.4, 0.5) is 11.5 Å². The van der Waals surface area contributed by atoms with Gasteiger partial charge in [-0.05, 0) is 61.9 Å². The number of amides is 2. The predicted molar refractivity (Wildman–Crippen MR) is 129 cm³/mol. The maximum Gasteiger partial charge on any atom is 0.259 e. The van der Waals surface area contributed by atoms with Crippen molar-refractivity contribution >= 4 is 46.5 Å². The van der Waals surface area contributed by atoms with Crippen molar-refractivity contribution in [2.45, 2.75) is 19.4 Å². The molecule has 0 spiro atoms. The molecule has 1 aliphatic heterocycles. The summed E-state index contributed by atoms with van der Waals surface area (Å²) in [6.07, 6.45) is 2.23. The van der Waals surface area contributed by atoms with Crippen molar-refractivity contribution in [2.24, 2.45) is 0 Å². The van der Waals surface area contributed by atoms with Crippen molar-refractivity contribution in [3.63, 3.8) is 0 Å². The van der Waals surface area contributed by atoms with Gasteiger partial charge < -0.3 is 15.7 Å². The van der Waals surface area contributed by atoms with Crippen molar-refractivity contribution < 1.29 is 14.7 Å². The molecule has 7 nitrogen and oxygen atoms in total. The molecule has 2 heterocycles. The number of halogens is 2. The summed E-state index contributed by atoms with van der Waals surface area (Å²) in [5.41, 5.74) is 2.69. The number of nitrogens with zero attached hydrogens (tertiary/aromatic N) is 2. The average molecular weight is 485 g/mol. The summed E-state index contributed by atoms with van der Waals surface area (Å²) < 4.78 is 0. The van der Waals surface area contributed by atoms with Gasteiger partial charge in [-0.3, -0.25) is 14.5 Å². The van der Waals surface area contributed by atoms with Gasteiger partial charge in [0.25, 0.3) is 11.8 Å². The van der Waals surface area contributed by atoms with Gasteiger partial charge in [0.15, 0.2) is 0 Å². The summed E-state index contributed by atoms with van der Waals surface area (Å²) >= 11 is 11.9. The van der Waals surface area contributed by atoms with Gasteiger partial charge in [0.2, 0.25) is 0 Å². The lowest BCUT2D eigenvalue weighted by molar-refractivity contribution is 0.102. The molecule has 1 aliphatic rings. The molecule has 9 heteroatoms. The summed E-state index contributed by atoms with van der Waals surface area (Å²) in [5, 5.41) is 16.3. The second-order valence-electron chi connectivity index (χ2n) is 7.94. The van der Waals surface area contributed by atoms with Crippen LogP contribution >= 0.6 is 23.2 Å². The maximum atomic E-state index is 13.0. The van der Waals surface area contributed by atoms with Crippen LogP contribution in [0.1, 0.15) is 44.8 Å². The molecule has 1 aromatic heterocycles. The second kappa shape index (κ2) is 9.39. The van der Waals surface area contributed by atoms with E-state index < -0.39 is 11.8 Å². The summed E-state index contributed by atoms with van der Waals surface area (Å²) in [4.78, 5) is 32.2. The van der Waals surface area contributed by atoms with E-state index in [0.717, 1.165) is 18.5 Å². The number of hydrogen-bond acceptors (Lipinski definition) is 5. The SMILES string of the molecule is CC1c2ccc(C(=O)Nc3c(O)cc(Cl)cc3C(=O)Nc3ccc(Cl)cn3)cc2CCN1C. The monoisotopic (exact) mass is 484 g/mol. The first-order valence-corrected chi connectivity index (χ1v) is 11.1. The maximum absolute atomic E-state index is 13.0. The number of carbonyl (C=O) groups excluding carboxylic acids is 2. The first-order valence-electron chi connectivity index (χ1n) is 10.3. The van der Waals surface area contributed by atoms with E-state index in [4.69, 9.17) is 23.2 Å². The van der Waals surface area contributed by atoms with E-state index in [2.05, 4.69) is 34.5 Å². The molecule has 4 rings (SSSR count). The first-order chi connectivity index (χ1) is 15.7. The minimum Gasteiger partial charge on any atom is -0.506 e. The standard InChI is InChI=1S/C24H22Cl2N4O3/c1-13-18-5-3-15(9-14(18)7-8-30(13)2)23(32)29-22-19(10-17(26)11-20(22)31)24(33)28-21-6-4-16(25)12-27-21/h3-6,9-13,31H,7-8H2,1-2H3,(H,29,32)(H,27,28,33). The Labute approximate surface area is 201 Å². The summed E-state index contributed by atoms with van der Waals surface area (Å²) in [6.45, 7) is 3.03.